The first-order chi connectivity index (χ1) is 15.6. The molecular formula is C29H33NO3. The van der Waals surface area contributed by atoms with Gasteiger partial charge in [0.2, 0.25) is 0 Å². The van der Waals surface area contributed by atoms with E-state index in [0.29, 0.717) is 44.2 Å². The van der Waals surface area contributed by atoms with Crippen LogP contribution >= 0.6 is 0 Å². The van der Waals surface area contributed by atoms with Crippen LogP contribution in [0.2, 0.25) is 0 Å². The fourth-order valence-corrected chi connectivity index (χ4v) is 4.81. The zero-order valence-corrected chi connectivity index (χ0v) is 19.9. The lowest BCUT2D eigenvalue weighted by atomic mass is 9.86. The van der Waals surface area contributed by atoms with Crippen LogP contribution in [0.3, 0.4) is 0 Å². The third kappa shape index (κ3) is 5.16. The molecule has 4 rings (SSSR count). The molecule has 172 valence electrons. The average molecular weight is 444 g/mol. The minimum Gasteiger partial charge on any atom is -0.324 e. The lowest BCUT2D eigenvalue weighted by molar-refractivity contribution is -0.124. The highest BCUT2D eigenvalue weighted by Crippen LogP contribution is 2.31. The number of nitrogens with zero attached hydrogens (tertiary/aromatic N) is 1. The molecule has 1 saturated carbocycles. The van der Waals surface area contributed by atoms with Gasteiger partial charge in [-0.05, 0) is 53.0 Å². The van der Waals surface area contributed by atoms with Crippen LogP contribution < -0.4 is 0 Å². The number of aryl methyl sites for hydroxylation is 1. The number of hydrogen-bond donors (Lipinski definition) is 0. The summed E-state index contributed by atoms with van der Waals surface area (Å²) >= 11 is 0. The monoisotopic (exact) mass is 443 g/mol. The highest BCUT2D eigenvalue weighted by atomic mass is 16.2. The molecule has 0 N–H and O–H groups in total. The summed E-state index contributed by atoms with van der Waals surface area (Å²) in [5.41, 5.74) is 6.07. The standard InChI is InChI=1S/C29H33NO3/c1-19-5-14-26(27(32)15-19)30-18-22-16-20(9-13-25(22)28(30)33)8-12-24(31)17-21-6-10-23(11-7-21)29(2,3)4/h6-7,9-11,13,16,26H,1,5,8,12,14-15,17-18H2,2-4H3. The van der Waals surface area contributed by atoms with E-state index in [4.69, 9.17) is 0 Å². The molecule has 4 heteroatoms. The van der Waals surface area contributed by atoms with E-state index in [-0.39, 0.29) is 28.9 Å². The number of benzene rings is 2. The Kier molecular flexibility index (Phi) is 6.38. The van der Waals surface area contributed by atoms with E-state index in [9.17, 15) is 14.4 Å². The van der Waals surface area contributed by atoms with Gasteiger partial charge in [0.15, 0.2) is 5.78 Å². The van der Waals surface area contributed by atoms with E-state index in [0.717, 1.165) is 28.7 Å². The molecule has 1 amide bonds. The molecule has 1 aliphatic heterocycles. The first-order valence-electron chi connectivity index (χ1n) is 11.8. The van der Waals surface area contributed by atoms with Crippen molar-refractivity contribution < 1.29 is 14.4 Å². The van der Waals surface area contributed by atoms with Crippen molar-refractivity contribution in [3.63, 3.8) is 0 Å². The Morgan fingerprint density at radius 1 is 1.06 bits per heavy atom. The number of carbonyl (C=O) groups excluding carboxylic acids is 3. The lowest BCUT2D eigenvalue weighted by Gasteiger charge is -2.30. The van der Waals surface area contributed by atoms with Gasteiger partial charge in [-0.15, -0.1) is 0 Å². The maximum Gasteiger partial charge on any atom is 0.255 e. The van der Waals surface area contributed by atoms with Gasteiger partial charge in [-0.2, -0.15) is 0 Å². The number of ketones is 2. The Hall–Kier alpha value is -3.01. The van der Waals surface area contributed by atoms with E-state index < -0.39 is 0 Å². The molecule has 33 heavy (non-hydrogen) atoms. The van der Waals surface area contributed by atoms with Gasteiger partial charge in [0.05, 0.1) is 6.04 Å². The highest BCUT2D eigenvalue weighted by Gasteiger charge is 2.37. The summed E-state index contributed by atoms with van der Waals surface area (Å²) in [6, 6.07) is 13.8. The predicted molar refractivity (Wildman–Crippen MR) is 130 cm³/mol. The number of carbonyl (C=O) groups is 3. The molecule has 4 nitrogen and oxygen atoms in total. The first kappa shape index (κ1) is 23.2. The van der Waals surface area contributed by atoms with Crippen molar-refractivity contribution in [1.82, 2.24) is 4.90 Å². The lowest BCUT2D eigenvalue weighted by Crippen LogP contribution is -2.43. The molecule has 1 atom stereocenters. The van der Waals surface area contributed by atoms with Crippen LogP contribution in [0.15, 0.2) is 54.6 Å². The van der Waals surface area contributed by atoms with Crippen LogP contribution in [0, 0.1) is 0 Å². The zero-order chi connectivity index (χ0) is 23.8. The highest BCUT2D eigenvalue weighted by molar-refractivity contribution is 6.02. The van der Waals surface area contributed by atoms with Crippen molar-refractivity contribution in [3.8, 4) is 0 Å². The van der Waals surface area contributed by atoms with Gasteiger partial charge in [-0.3, -0.25) is 14.4 Å². The normalized spacial score (nSPS) is 18.6. The minimum atomic E-state index is -0.343. The fourth-order valence-electron chi connectivity index (χ4n) is 4.81. The Labute approximate surface area is 196 Å². The van der Waals surface area contributed by atoms with Gasteiger partial charge in [0.25, 0.3) is 5.91 Å². The Morgan fingerprint density at radius 3 is 2.42 bits per heavy atom. The summed E-state index contributed by atoms with van der Waals surface area (Å²) in [5, 5.41) is 0. The van der Waals surface area contributed by atoms with Gasteiger partial charge in [-0.25, -0.2) is 0 Å². The summed E-state index contributed by atoms with van der Waals surface area (Å²) in [6.45, 7) is 10.9. The first-order valence-corrected chi connectivity index (χ1v) is 11.8. The van der Waals surface area contributed by atoms with Crippen LogP contribution in [0.1, 0.15) is 79.1 Å². The predicted octanol–water partition coefficient (Wildman–Crippen LogP) is 5.36. The van der Waals surface area contributed by atoms with Gasteiger partial charge in [-0.1, -0.05) is 69.3 Å². The molecule has 1 unspecified atom stereocenters. The Balaban J connectivity index is 1.35. The Morgan fingerprint density at radius 2 is 1.76 bits per heavy atom. The molecule has 2 aromatic carbocycles. The van der Waals surface area contributed by atoms with E-state index >= 15 is 0 Å². The van der Waals surface area contributed by atoms with E-state index in [1.54, 1.807) is 4.90 Å². The van der Waals surface area contributed by atoms with Crippen LogP contribution in [0.5, 0.6) is 0 Å². The van der Waals surface area contributed by atoms with Gasteiger partial charge < -0.3 is 4.90 Å². The third-order valence-corrected chi connectivity index (χ3v) is 6.86. The van der Waals surface area contributed by atoms with Gasteiger partial charge >= 0.3 is 0 Å². The maximum atomic E-state index is 12.9. The Bertz CT molecular complexity index is 1100. The second-order valence-corrected chi connectivity index (χ2v) is 10.5. The van der Waals surface area contributed by atoms with Crippen molar-refractivity contribution in [1.29, 1.82) is 0 Å². The van der Waals surface area contributed by atoms with Crippen molar-refractivity contribution in [2.45, 2.75) is 77.3 Å². The van der Waals surface area contributed by atoms with E-state index in [1.807, 2.05) is 18.2 Å². The number of hydrogen-bond acceptors (Lipinski definition) is 3. The summed E-state index contributed by atoms with van der Waals surface area (Å²) in [7, 11) is 0. The maximum absolute atomic E-state index is 12.9. The van der Waals surface area contributed by atoms with E-state index in [2.05, 4.69) is 51.6 Å². The minimum absolute atomic E-state index is 0.0582. The molecule has 0 aromatic heterocycles. The summed E-state index contributed by atoms with van der Waals surface area (Å²) in [4.78, 5) is 39.6. The van der Waals surface area contributed by atoms with Crippen molar-refractivity contribution >= 4 is 17.5 Å². The molecule has 0 radical (unpaired) electrons. The second-order valence-electron chi connectivity index (χ2n) is 10.5. The number of fused-ring (bicyclic) bond motifs is 1. The fraction of sp³-hybridized carbons (Fsp3) is 0.414. The number of rotatable bonds is 6. The molecule has 1 fully saturated rings. The van der Waals surface area contributed by atoms with Gasteiger partial charge in [0, 0.05) is 31.4 Å². The van der Waals surface area contributed by atoms with Crippen molar-refractivity contribution in [2.24, 2.45) is 0 Å². The molecule has 1 aliphatic carbocycles. The largest absolute Gasteiger partial charge is 0.324 e. The molecule has 0 bridgehead atoms. The van der Waals surface area contributed by atoms with Crippen LogP contribution in [0.25, 0.3) is 0 Å². The zero-order valence-electron chi connectivity index (χ0n) is 19.9. The molecule has 1 heterocycles. The van der Waals surface area contributed by atoms with Crippen LogP contribution in [-0.2, 0) is 34.4 Å². The number of allylic oxidation sites excluding steroid dienone is 1. The SMILES string of the molecule is C=C1CCC(N2Cc3cc(CCC(=O)Cc4ccc(C(C)(C)C)cc4)ccc3C2=O)C(=O)C1. The average Bonchev–Trinajstić information content (AvgIpc) is 3.07. The summed E-state index contributed by atoms with van der Waals surface area (Å²) in [5.74, 6) is 0.246. The van der Waals surface area contributed by atoms with E-state index in [1.165, 1.54) is 5.56 Å². The quantitative estimate of drug-likeness (QED) is 0.565. The topological polar surface area (TPSA) is 54.5 Å². The molecule has 0 spiro atoms. The smallest absolute Gasteiger partial charge is 0.255 e. The third-order valence-electron chi connectivity index (χ3n) is 6.86. The molecule has 2 aromatic rings. The molecule has 0 saturated heterocycles. The summed E-state index contributed by atoms with van der Waals surface area (Å²) in [6.07, 6.45) is 3.40. The van der Waals surface area contributed by atoms with Crippen molar-refractivity contribution in [2.75, 3.05) is 0 Å². The second kappa shape index (κ2) is 9.09. The number of Topliss-reactive ketones (excluding diaryl/α,β-unsaturated/α-hetero) is 2. The number of amides is 1. The van der Waals surface area contributed by atoms with Crippen LogP contribution in [-0.4, -0.2) is 28.4 Å². The van der Waals surface area contributed by atoms with Crippen molar-refractivity contribution in [3.05, 3.63) is 82.4 Å². The van der Waals surface area contributed by atoms with Gasteiger partial charge in [0.1, 0.15) is 5.78 Å². The molecular weight excluding hydrogens is 410 g/mol. The van der Waals surface area contributed by atoms with Crippen LogP contribution in [0.4, 0.5) is 0 Å². The summed E-state index contributed by atoms with van der Waals surface area (Å²) < 4.78 is 0. The molecule has 2 aliphatic rings.